The zero-order valence-corrected chi connectivity index (χ0v) is 21.5. The van der Waals surface area contributed by atoms with E-state index in [0.717, 1.165) is 55.0 Å². The monoisotopic (exact) mass is 455 g/mol. The van der Waals surface area contributed by atoms with Crippen LogP contribution in [0, 0.1) is 23.7 Å². The molecule has 2 aliphatic carbocycles. The summed E-state index contributed by atoms with van der Waals surface area (Å²) in [7, 11) is 0. The molecule has 2 saturated carbocycles. The largest absolute Gasteiger partial charge is 0.425 e. The SMILES string of the molecule is CCCCCC(=O)Oc1ccc(CC[C@H]2CC[C@H]([C@H]3CC[C@H](CCCCC)CC3)CC2)nc1. The van der Waals surface area contributed by atoms with Crippen LogP contribution in [-0.2, 0) is 11.2 Å². The molecule has 1 heterocycles. The molecule has 0 aromatic carbocycles. The van der Waals surface area contributed by atoms with Crippen LogP contribution in [-0.4, -0.2) is 11.0 Å². The normalized spacial score (nSPS) is 25.6. The van der Waals surface area contributed by atoms with E-state index in [-0.39, 0.29) is 5.97 Å². The Kier molecular flexibility index (Phi) is 11.8. The maximum Gasteiger partial charge on any atom is 0.311 e. The Hall–Kier alpha value is -1.38. The number of ether oxygens (including phenoxy) is 1. The standard InChI is InChI=1S/C30H49NO2/c1-3-5-7-9-24-11-16-26(17-12-24)27-18-13-25(14-19-27)15-20-28-21-22-29(23-31-28)33-30(32)10-8-6-4-2/h21-27H,3-20H2,1-2H3/t24-,25-,26-,27-. The molecule has 186 valence electrons. The molecule has 3 nitrogen and oxygen atoms in total. The Balaban J connectivity index is 1.29. The number of unbranched alkanes of at least 4 members (excludes halogenated alkanes) is 4. The van der Waals surface area contributed by atoms with Gasteiger partial charge in [-0.1, -0.05) is 78.1 Å². The molecule has 0 amide bonds. The predicted octanol–water partition coefficient (Wildman–Crippen LogP) is 8.69. The van der Waals surface area contributed by atoms with Crippen LogP contribution >= 0.6 is 0 Å². The Labute approximate surface area is 203 Å². The number of hydrogen-bond donors (Lipinski definition) is 0. The van der Waals surface area contributed by atoms with Crippen LogP contribution < -0.4 is 4.74 Å². The molecule has 3 heteroatoms. The van der Waals surface area contributed by atoms with Crippen LogP contribution in [0.25, 0.3) is 0 Å². The van der Waals surface area contributed by atoms with Crippen LogP contribution in [0.4, 0.5) is 0 Å². The van der Waals surface area contributed by atoms with Crippen molar-refractivity contribution in [3.8, 4) is 5.75 Å². The maximum atomic E-state index is 11.9. The average Bonchev–Trinajstić information content (AvgIpc) is 2.85. The Bertz CT molecular complexity index is 654. The number of rotatable bonds is 13. The summed E-state index contributed by atoms with van der Waals surface area (Å²) < 4.78 is 5.41. The molecule has 33 heavy (non-hydrogen) atoms. The minimum atomic E-state index is -0.139. The maximum absolute atomic E-state index is 11.9. The average molecular weight is 456 g/mol. The van der Waals surface area contributed by atoms with Gasteiger partial charge in [-0.25, -0.2) is 0 Å². The summed E-state index contributed by atoms with van der Waals surface area (Å²) in [6.07, 6.45) is 25.1. The van der Waals surface area contributed by atoms with Crippen molar-refractivity contribution in [1.82, 2.24) is 4.98 Å². The van der Waals surface area contributed by atoms with E-state index in [2.05, 4.69) is 18.8 Å². The number of pyridine rings is 1. The van der Waals surface area contributed by atoms with E-state index < -0.39 is 0 Å². The summed E-state index contributed by atoms with van der Waals surface area (Å²) in [5.74, 6) is 4.37. The highest BCUT2D eigenvalue weighted by Crippen LogP contribution is 2.43. The summed E-state index contributed by atoms with van der Waals surface area (Å²) in [4.78, 5) is 16.4. The Morgan fingerprint density at radius 2 is 1.42 bits per heavy atom. The van der Waals surface area contributed by atoms with Crippen molar-refractivity contribution in [2.75, 3.05) is 0 Å². The lowest BCUT2D eigenvalue weighted by atomic mass is 9.68. The van der Waals surface area contributed by atoms with E-state index in [0.29, 0.717) is 12.2 Å². The number of carbonyl (C=O) groups is 1. The minimum absolute atomic E-state index is 0.139. The van der Waals surface area contributed by atoms with Gasteiger partial charge in [0.25, 0.3) is 0 Å². The minimum Gasteiger partial charge on any atom is -0.425 e. The number of aromatic nitrogens is 1. The fourth-order valence-corrected chi connectivity index (χ4v) is 6.25. The molecular weight excluding hydrogens is 406 g/mol. The van der Waals surface area contributed by atoms with Gasteiger partial charge in [-0.15, -0.1) is 0 Å². The van der Waals surface area contributed by atoms with Crippen molar-refractivity contribution in [2.45, 2.75) is 129 Å². The Morgan fingerprint density at radius 1 is 0.818 bits per heavy atom. The van der Waals surface area contributed by atoms with Crippen LogP contribution in [0.15, 0.2) is 18.3 Å². The third-order valence-electron chi connectivity index (χ3n) is 8.49. The molecule has 0 unspecified atom stereocenters. The van der Waals surface area contributed by atoms with E-state index in [1.807, 2.05) is 12.1 Å². The van der Waals surface area contributed by atoms with E-state index in [4.69, 9.17) is 4.74 Å². The number of esters is 1. The lowest BCUT2D eigenvalue weighted by Gasteiger charge is -2.38. The molecule has 0 radical (unpaired) electrons. The van der Waals surface area contributed by atoms with Crippen LogP contribution in [0.5, 0.6) is 5.75 Å². The van der Waals surface area contributed by atoms with E-state index in [1.165, 1.54) is 83.5 Å². The summed E-state index contributed by atoms with van der Waals surface area (Å²) in [5, 5.41) is 0. The molecule has 2 fully saturated rings. The molecule has 0 N–H and O–H groups in total. The number of nitrogens with zero attached hydrogens (tertiary/aromatic N) is 1. The molecule has 0 aliphatic heterocycles. The number of hydrogen-bond acceptors (Lipinski definition) is 3. The van der Waals surface area contributed by atoms with Crippen molar-refractivity contribution in [2.24, 2.45) is 23.7 Å². The van der Waals surface area contributed by atoms with Crippen LogP contribution in [0.3, 0.4) is 0 Å². The first kappa shape index (κ1) is 26.2. The van der Waals surface area contributed by atoms with Crippen LogP contribution in [0.2, 0.25) is 0 Å². The molecule has 0 spiro atoms. The highest BCUT2D eigenvalue weighted by molar-refractivity contribution is 5.72. The van der Waals surface area contributed by atoms with Gasteiger partial charge in [0.2, 0.25) is 0 Å². The van der Waals surface area contributed by atoms with Crippen molar-refractivity contribution in [3.05, 3.63) is 24.0 Å². The first-order valence-corrected chi connectivity index (χ1v) is 14.3. The fraction of sp³-hybridized carbons (Fsp3) is 0.800. The topological polar surface area (TPSA) is 39.2 Å². The second-order valence-electron chi connectivity index (χ2n) is 11.0. The highest BCUT2D eigenvalue weighted by atomic mass is 16.5. The zero-order chi connectivity index (χ0) is 23.3. The van der Waals surface area contributed by atoms with Crippen molar-refractivity contribution < 1.29 is 9.53 Å². The third kappa shape index (κ3) is 9.41. The molecule has 0 atom stereocenters. The van der Waals surface area contributed by atoms with Gasteiger partial charge in [-0.05, 0) is 80.8 Å². The van der Waals surface area contributed by atoms with Crippen LogP contribution in [0.1, 0.15) is 129 Å². The number of carbonyl (C=O) groups excluding carboxylic acids is 1. The van der Waals surface area contributed by atoms with Gasteiger partial charge in [-0.3, -0.25) is 9.78 Å². The highest BCUT2D eigenvalue weighted by Gasteiger charge is 2.30. The predicted molar refractivity (Wildman–Crippen MR) is 137 cm³/mol. The van der Waals surface area contributed by atoms with Gasteiger partial charge in [0, 0.05) is 12.1 Å². The summed E-state index contributed by atoms with van der Waals surface area (Å²) in [6, 6.07) is 3.95. The molecule has 2 aliphatic rings. The van der Waals surface area contributed by atoms with E-state index in [1.54, 1.807) is 6.20 Å². The summed E-state index contributed by atoms with van der Waals surface area (Å²) in [5.41, 5.74) is 1.13. The molecule has 1 aromatic heterocycles. The van der Waals surface area contributed by atoms with E-state index in [9.17, 15) is 4.79 Å². The lowest BCUT2D eigenvalue weighted by Crippen LogP contribution is -2.26. The second-order valence-corrected chi connectivity index (χ2v) is 11.0. The molecule has 1 aromatic rings. The Morgan fingerprint density at radius 3 is 2.00 bits per heavy atom. The van der Waals surface area contributed by atoms with Crippen molar-refractivity contribution in [3.63, 3.8) is 0 Å². The zero-order valence-electron chi connectivity index (χ0n) is 21.5. The van der Waals surface area contributed by atoms with Gasteiger partial charge in [0.05, 0.1) is 6.20 Å². The van der Waals surface area contributed by atoms with E-state index >= 15 is 0 Å². The first-order valence-electron chi connectivity index (χ1n) is 14.3. The quantitative estimate of drug-likeness (QED) is 0.220. The fourth-order valence-electron chi connectivity index (χ4n) is 6.25. The first-order chi connectivity index (χ1) is 16.2. The summed E-state index contributed by atoms with van der Waals surface area (Å²) in [6.45, 7) is 4.45. The van der Waals surface area contributed by atoms with Gasteiger partial charge in [-0.2, -0.15) is 0 Å². The molecule has 0 bridgehead atoms. The van der Waals surface area contributed by atoms with Gasteiger partial charge < -0.3 is 4.74 Å². The van der Waals surface area contributed by atoms with Crippen molar-refractivity contribution in [1.29, 1.82) is 0 Å². The summed E-state index contributed by atoms with van der Waals surface area (Å²) >= 11 is 0. The molecule has 3 rings (SSSR count). The number of aryl methyl sites for hydroxylation is 1. The van der Waals surface area contributed by atoms with Gasteiger partial charge >= 0.3 is 5.97 Å². The smallest absolute Gasteiger partial charge is 0.311 e. The molecular formula is C30H49NO2. The second kappa shape index (κ2) is 14.8. The third-order valence-corrected chi connectivity index (χ3v) is 8.49. The van der Waals surface area contributed by atoms with Gasteiger partial charge in [0.15, 0.2) is 0 Å². The van der Waals surface area contributed by atoms with Crippen molar-refractivity contribution >= 4 is 5.97 Å². The lowest BCUT2D eigenvalue weighted by molar-refractivity contribution is -0.134. The van der Waals surface area contributed by atoms with Gasteiger partial charge in [0.1, 0.15) is 5.75 Å². The molecule has 0 saturated heterocycles.